The minimum atomic E-state index is -4.09. The van der Waals surface area contributed by atoms with Crippen molar-refractivity contribution >= 4 is 40.5 Å². The highest BCUT2D eigenvalue weighted by Gasteiger charge is 2.56. The molecule has 27 heavy (non-hydrogen) atoms. The molecule has 2 aliphatic rings. The SMILES string of the molecule is CC1=C(C=O)C(C)=[N+]2C1=C(c1ccc(Br)cc1)c1c(C)cc(C)n1[B-]2(F)F. The molecule has 0 radical (unpaired) electrons. The summed E-state index contributed by atoms with van der Waals surface area (Å²) in [5.41, 5.74) is 5.04. The monoisotopic (exact) mass is 430 g/mol. The molecule has 3 heterocycles. The zero-order valence-electron chi connectivity index (χ0n) is 15.5. The molecule has 1 aromatic carbocycles. The molecule has 2 aliphatic heterocycles. The van der Waals surface area contributed by atoms with Gasteiger partial charge in [0.1, 0.15) is 5.71 Å². The molecule has 0 atom stereocenters. The number of rotatable bonds is 2. The molecule has 3 nitrogen and oxygen atoms in total. The first-order chi connectivity index (χ1) is 12.7. The second-order valence-electron chi connectivity index (χ2n) is 7.12. The third kappa shape index (κ3) is 2.30. The second kappa shape index (κ2) is 5.86. The van der Waals surface area contributed by atoms with Crippen LogP contribution in [-0.4, -0.2) is 27.9 Å². The Labute approximate surface area is 164 Å². The van der Waals surface area contributed by atoms with Crippen LogP contribution in [0, 0.1) is 13.8 Å². The van der Waals surface area contributed by atoms with Crippen LogP contribution in [0.15, 0.2) is 51.6 Å². The summed E-state index contributed by atoms with van der Waals surface area (Å²) in [6.07, 6.45) is 0.677. The number of aromatic nitrogens is 1. The topological polar surface area (TPSA) is 25.0 Å². The fraction of sp³-hybridized carbons (Fsp3) is 0.200. The Morgan fingerprint density at radius 1 is 1.11 bits per heavy atom. The van der Waals surface area contributed by atoms with Crippen molar-refractivity contribution in [2.45, 2.75) is 27.7 Å². The first-order valence-electron chi connectivity index (χ1n) is 8.71. The first-order valence-corrected chi connectivity index (χ1v) is 9.50. The number of aldehydes is 1. The van der Waals surface area contributed by atoms with E-state index in [9.17, 15) is 4.79 Å². The molecule has 0 saturated carbocycles. The van der Waals surface area contributed by atoms with Crippen LogP contribution >= 0.6 is 15.9 Å². The van der Waals surface area contributed by atoms with Gasteiger partial charge in [-0.15, -0.1) is 0 Å². The van der Waals surface area contributed by atoms with E-state index in [1.54, 1.807) is 26.8 Å². The van der Waals surface area contributed by atoms with Crippen LogP contribution in [0.2, 0.25) is 0 Å². The standard InChI is InChI=1S/C20H18BBrF2N2O/c1-11-9-12(2)25-19(11)18(15-5-7-16(22)8-6-15)20-13(3)17(10-27)14(4)26(20)21(25,23)24/h5-10H,1-4H3. The molecular formula is C20H18BBrF2N2O. The van der Waals surface area contributed by atoms with E-state index in [0.29, 0.717) is 40.2 Å². The predicted octanol–water partition coefficient (Wildman–Crippen LogP) is 4.87. The average Bonchev–Trinajstić information content (AvgIpc) is 3.04. The van der Waals surface area contributed by atoms with E-state index in [1.165, 1.54) is 0 Å². The lowest BCUT2D eigenvalue weighted by atomic mass is 9.84. The molecule has 0 fully saturated rings. The molecule has 0 spiro atoms. The van der Waals surface area contributed by atoms with Crippen molar-refractivity contribution < 1.29 is 17.9 Å². The highest BCUT2D eigenvalue weighted by Crippen LogP contribution is 2.45. The largest absolute Gasteiger partial charge is 0.737 e. The summed E-state index contributed by atoms with van der Waals surface area (Å²) in [4.78, 5) is 11.6. The van der Waals surface area contributed by atoms with Gasteiger partial charge in [0.25, 0.3) is 0 Å². The van der Waals surface area contributed by atoms with E-state index in [0.717, 1.165) is 30.1 Å². The molecule has 2 aromatic rings. The number of carbonyl (C=O) groups is 1. The van der Waals surface area contributed by atoms with E-state index < -0.39 is 6.97 Å². The van der Waals surface area contributed by atoms with Crippen LogP contribution in [0.5, 0.6) is 0 Å². The molecule has 1 aromatic heterocycles. The summed E-state index contributed by atoms with van der Waals surface area (Å²) in [6.45, 7) is 2.79. The fourth-order valence-electron chi connectivity index (χ4n) is 4.40. The van der Waals surface area contributed by atoms with Crippen LogP contribution in [0.4, 0.5) is 8.63 Å². The number of allylic oxidation sites excluding steroid dienone is 2. The van der Waals surface area contributed by atoms with Gasteiger partial charge in [-0.05, 0) is 55.8 Å². The van der Waals surface area contributed by atoms with Gasteiger partial charge in [0, 0.05) is 22.7 Å². The van der Waals surface area contributed by atoms with Crippen LogP contribution in [0.25, 0.3) is 5.57 Å². The molecule has 0 N–H and O–H groups in total. The van der Waals surface area contributed by atoms with E-state index in [2.05, 4.69) is 15.9 Å². The van der Waals surface area contributed by atoms with Crippen molar-refractivity contribution in [2.75, 3.05) is 0 Å². The zero-order valence-corrected chi connectivity index (χ0v) is 17.1. The quantitative estimate of drug-likeness (QED) is 0.493. The molecule has 4 rings (SSSR count). The maximum absolute atomic E-state index is 15.7. The van der Waals surface area contributed by atoms with Crippen LogP contribution in [-0.2, 0) is 4.79 Å². The highest BCUT2D eigenvalue weighted by molar-refractivity contribution is 9.10. The third-order valence-corrected chi connectivity index (χ3v) is 6.05. The summed E-state index contributed by atoms with van der Waals surface area (Å²) in [5.74, 6) is 0. The lowest BCUT2D eigenvalue weighted by molar-refractivity contribution is -0.363. The highest BCUT2D eigenvalue weighted by atomic mass is 79.9. The third-order valence-electron chi connectivity index (χ3n) is 5.52. The number of aryl methyl sites for hydroxylation is 2. The summed E-state index contributed by atoms with van der Waals surface area (Å²) >= 11 is 3.43. The van der Waals surface area contributed by atoms with Crippen LogP contribution in [0.3, 0.4) is 0 Å². The normalized spacial score (nSPS) is 18.2. The Hall–Kier alpha value is -2.28. The van der Waals surface area contributed by atoms with E-state index in [4.69, 9.17) is 0 Å². The number of hydrogen-bond acceptors (Lipinski definition) is 1. The Morgan fingerprint density at radius 3 is 2.33 bits per heavy atom. The maximum atomic E-state index is 15.7. The number of nitrogens with zero attached hydrogens (tertiary/aromatic N) is 2. The Morgan fingerprint density at radius 2 is 1.74 bits per heavy atom. The van der Waals surface area contributed by atoms with Gasteiger partial charge >= 0.3 is 6.97 Å². The predicted molar refractivity (Wildman–Crippen MR) is 107 cm³/mol. The van der Waals surface area contributed by atoms with E-state index >= 15 is 8.63 Å². The number of hydrogen-bond donors (Lipinski definition) is 0. The van der Waals surface area contributed by atoms with Gasteiger partial charge < -0.3 is 17.6 Å². The number of benzene rings is 1. The summed E-state index contributed by atoms with van der Waals surface area (Å²) in [5, 5.41) is 0. The lowest BCUT2D eigenvalue weighted by Crippen LogP contribution is -2.51. The van der Waals surface area contributed by atoms with Gasteiger partial charge in [-0.25, -0.2) is 0 Å². The van der Waals surface area contributed by atoms with Gasteiger partial charge in [-0.1, -0.05) is 28.1 Å². The molecule has 0 amide bonds. The van der Waals surface area contributed by atoms with Gasteiger partial charge in [0.05, 0.1) is 11.1 Å². The minimum absolute atomic E-state index is 0.300. The van der Waals surface area contributed by atoms with Gasteiger partial charge in [-0.3, -0.25) is 4.79 Å². The molecular weight excluding hydrogens is 413 g/mol. The number of carbonyl (C=O) groups excluding carboxylic acids is 1. The smallest absolute Gasteiger partial charge is 0.393 e. The Kier molecular flexibility index (Phi) is 3.93. The molecule has 0 bridgehead atoms. The van der Waals surface area contributed by atoms with Gasteiger partial charge in [-0.2, -0.15) is 0 Å². The number of halogens is 3. The van der Waals surface area contributed by atoms with Crippen molar-refractivity contribution in [1.29, 1.82) is 0 Å². The first kappa shape index (κ1) is 18.1. The van der Waals surface area contributed by atoms with Crippen molar-refractivity contribution in [3.8, 4) is 0 Å². The summed E-state index contributed by atoms with van der Waals surface area (Å²) in [6, 6.07) is 9.41. The number of fused-ring (bicyclic) bond motifs is 2. The lowest BCUT2D eigenvalue weighted by Gasteiger charge is -2.34. The van der Waals surface area contributed by atoms with Crippen LogP contribution < -0.4 is 0 Å². The second-order valence-corrected chi connectivity index (χ2v) is 8.03. The van der Waals surface area contributed by atoms with E-state index in [-0.39, 0.29) is 0 Å². The molecule has 0 saturated heterocycles. The fourth-order valence-corrected chi connectivity index (χ4v) is 4.66. The molecule has 7 heteroatoms. The van der Waals surface area contributed by atoms with Crippen molar-refractivity contribution in [3.05, 3.63) is 74.2 Å². The van der Waals surface area contributed by atoms with Crippen molar-refractivity contribution in [2.24, 2.45) is 0 Å². The maximum Gasteiger partial charge on any atom is 0.737 e. The molecule has 0 aliphatic carbocycles. The summed E-state index contributed by atoms with van der Waals surface area (Å²) < 4.78 is 34.4. The average molecular weight is 431 g/mol. The zero-order chi connectivity index (χ0) is 19.7. The Balaban J connectivity index is 2.21. The van der Waals surface area contributed by atoms with Crippen molar-refractivity contribution in [1.82, 2.24) is 4.48 Å². The van der Waals surface area contributed by atoms with Crippen molar-refractivity contribution in [3.63, 3.8) is 0 Å². The van der Waals surface area contributed by atoms with Crippen LogP contribution in [0.1, 0.15) is 36.4 Å². The van der Waals surface area contributed by atoms with E-state index in [1.807, 2.05) is 31.2 Å². The Bertz CT molecular complexity index is 1110. The van der Waals surface area contributed by atoms with Gasteiger partial charge in [0.2, 0.25) is 0 Å². The van der Waals surface area contributed by atoms with Gasteiger partial charge in [0.15, 0.2) is 12.0 Å². The molecule has 0 unspecified atom stereocenters. The summed E-state index contributed by atoms with van der Waals surface area (Å²) in [7, 11) is 0. The minimum Gasteiger partial charge on any atom is -0.393 e. The molecule has 138 valence electrons.